The third kappa shape index (κ3) is 4.25. The van der Waals surface area contributed by atoms with Gasteiger partial charge >= 0.3 is 0 Å². The van der Waals surface area contributed by atoms with Crippen LogP contribution in [0, 0.1) is 11.8 Å². The number of hydrogen-bond acceptors (Lipinski definition) is 2. The minimum atomic E-state index is 0.951. The SMILES string of the molecule is C=C(CNCC)CN(C)CC1CC1C. The van der Waals surface area contributed by atoms with Gasteiger partial charge in [0.25, 0.3) is 0 Å². The van der Waals surface area contributed by atoms with Crippen LogP contribution in [0.1, 0.15) is 20.3 Å². The summed E-state index contributed by atoms with van der Waals surface area (Å²) in [5.41, 5.74) is 1.29. The zero-order valence-corrected chi connectivity index (χ0v) is 9.84. The Labute approximate surface area is 88.4 Å². The molecule has 0 aromatic heterocycles. The molecule has 2 nitrogen and oxygen atoms in total. The first-order valence-corrected chi connectivity index (χ1v) is 5.69. The Morgan fingerprint density at radius 3 is 2.71 bits per heavy atom. The molecule has 0 spiro atoms. The third-order valence-corrected chi connectivity index (χ3v) is 2.94. The fourth-order valence-electron chi connectivity index (χ4n) is 1.86. The number of likely N-dealkylation sites (N-methyl/N-ethyl adjacent to an activating group) is 2. The third-order valence-electron chi connectivity index (χ3n) is 2.94. The maximum Gasteiger partial charge on any atom is 0.0199 e. The number of nitrogens with zero attached hydrogens (tertiary/aromatic N) is 1. The topological polar surface area (TPSA) is 15.3 Å². The smallest absolute Gasteiger partial charge is 0.0199 e. The minimum absolute atomic E-state index is 0.951. The number of hydrogen-bond donors (Lipinski definition) is 1. The predicted octanol–water partition coefficient (Wildman–Crippen LogP) is 1.74. The van der Waals surface area contributed by atoms with Crippen LogP contribution in [0.3, 0.4) is 0 Å². The van der Waals surface area contributed by atoms with E-state index in [-0.39, 0.29) is 0 Å². The van der Waals surface area contributed by atoms with Crippen LogP contribution in [0.5, 0.6) is 0 Å². The van der Waals surface area contributed by atoms with Gasteiger partial charge in [0.2, 0.25) is 0 Å². The first-order chi connectivity index (χ1) is 6.63. The van der Waals surface area contributed by atoms with Gasteiger partial charge in [0.1, 0.15) is 0 Å². The van der Waals surface area contributed by atoms with Gasteiger partial charge in [-0.2, -0.15) is 0 Å². The summed E-state index contributed by atoms with van der Waals surface area (Å²) in [6, 6.07) is 0. The van der Waals surface area contributed by atoms with Gasteiger partial charge in [0.05, 0.1) is 0 Å². The van der Waals surface area contributed by atoms with Crippen LogP contribution in [-0.4, -0.2) is 38.1 Å². The maximum atomic E-state index is 4.07. The molecule has 2 heteroatoms. The molecule has 0 aromatic rings. The highest BCUT2D eigenvalue weighted by atomic mass is 15.1. The summed E-state index contributed by atoms with van der Waals surface area (Å²) >= 11 is 0. The molecule has 2 unspecified atom stereocenters. The van der Waals surface area contributed by atoms with Crippen molar-refractivity contribution in [2.24, 2.45) is 11.8 Å². The highest BCUT2D eigenvalue weighted by molar-refractivity contribution is 5.00. The predicted molar refractivity (Wildman–Crippen MR) is 62.5 cm³/mol. The second-order valence-corrected chi connectivity index (χ2v) is 4.70. The van der Waals surface area contributed by atoms with E-state index in [4.69, 9.17) is 0 Å². The van der Waals surface area contributed by atoms with Crippen molar-refractivity contribution in [3.05, 3.63) is 12.2 Å². The standard InChI is InChI=1S/C12H24N2/c1-5-13-7-10(2)8-14(4)9-12-6-11(12)3/h11-13H,2,5-9H2,1,3-4H3. The second kappa shape index (κ2) is 5.52. The summed E-state index contributed by atoms with van der Waals surface area (Å²) < 4.78 is 0. The quantitative estimate of drug-likeness (QED) is 0.624. The number of nitrogens with one attached hydrogen (secondary N) is 1. The molecular weight excluding hydrogens is 172 g/mol. The summed E-state index contributed by atoms with van der Waals surface area (Å²) in [6.07, 6.45) is 1.42. The molecule has 82 valence electrons. The normalized spacial score (nSPS) is 25.4. The monoisotopic (exact) mass is 196 g/mol. The van der Waals surface area contributed by atoms with E-state index in [1.807, 2.05) is 0 Å². The maximum absolute atomic E-state index is 4.07. The Bertz CT molecular complexity index is 189. The summed E-state index contributed by atoms with van der Waals surface area (Å²) in [7, 11) is 2.20. The van der Waals surface area contributed by atoms with Crippen LogP contribution in [0.15, 0.2) is 12.2 Å². The van der Waals surface area contributed by atoms with Gasteiger partial charge in [-0.25, -0.2) is 0 Å². The Kier molecular flexibility index (Phi) is 4.63. The summed E-state index contributed by atoms with van der Waals surface area (Å²) in [5, 5.41) is 3.30. The lowest BCUT2D eigenvalue weighted by Gasteiger charge is -2.18. The van der Waals surface area contributed by atoms with E-state index in [9.17, 15) is 0 Å². The second-order valence-electron chi connectivity index (χ2n) is 4.70. The van der Waals surface area contributed by atoms with Gasteiger partial charge in [-0.1, -0.05) is 20.4 Å². The Morgan fingerprint density at radius 1 is 1.57 bits per heavy atom. The fraction of sp³-hybridized carbons (Fsp3) is 0.833. The molecular formula is C12H24N2. The molecule has 0 bridgehead atoms. The lowest BCUT2D eigenvalue weighted by molar-refractivity contribution is 0.337. The molecule has 14 heavy (non-hydrogen) atoms. The van der Waals surface area contributed by atoms with Gasteiger partial charge < -0.3 is 10.2 Å². The van der Waals surface area contributed by atoms with E-state index in [1.54, 1.807) is 0 Å². The molecule has 0 aromatic carbocycles. The summed E-state index contributed by atoms with van der Waals surface area (Å²) in [5.74, 6) is 1.91. The highest BCUT2D eigenvalue weighted by Gasteiger charge is 2.32. The van der Waals surface area contributed by atoms with E-state index in [2.05, 4.69) is 37.7 Å². The molecule has 1 aliphatic carbocycles. The highest BCUT2D eigenvalue weighted by Crippen LogP contribution is 2.37. The molecule has 1 aliphatic rings. The van der Waals surface area contributed by atoms with Crippen molar-refractivity contribution in [3.8, 4) is 0 Å². The largest absolute Gasteiger partial charge is 0.313 e. The molecule has 1 saturated carbocycles. The van der Waals surface area contributed by atoms with E-state index >= 15 is 0 Å². The average Bonchev–Trinajstić information content (AvgIpc) is 2.77. The van der Waals surface area contributed by atoms with Crippen LogP contribution in [0.2, 0.25) is 0 Å². The van der Waals surface area contributed by atoms with Crippen molar-refractivity contribution in [1.29, 1.82) is 0 Å². The van der Waals surface area contributed by atoms with Gasteiger partial charge in [-0.3, -0.25) is 0 Å². The number of rotatable bonds is 7. The lowest BCUT2D eigenvalue weighted by Crippen LogP contribution is -2.27. The van der Waals surface area contributed by atoms with E-state index in [1.165, 1.54) is 18.5 Å². The molecule has 0 amide bonds. The fourth-order valence-corrected chi connectivity index (χ4v) is 1.86. The zero-order chi connectivity index (χ0) is 10.6. The van der Waals surface area contributed by atoms with E-state index in [0.29, 0.717) is 0 Å². The van der Waals surface area contributed by atoms with E-state index in [0.717, 1.165) is 31.5 Å². The molecule has 1 fully saturated rings. The molecule has 0 aliphatic heterocycles. The Hall–Kier alpha value is -0.340. The van der Waals surface area contributed by atoms with Crippen molar-refractivity contribution >= 4 is 0 Å². The summed E-state index contributed by atoms with van der Waals surface area (Å²) in [4.78, 5) is 2.40. The summed E-state index contributed by atoms with van der Waals surface area (Å²) in [6.45, 7) is 12.8. The van der Waals surface area contributed by atoms with Crippen molar-refractivity contribution in [2.45, 2.75) is 20.3 Å². The van der Waals surface area contributed by atoms with Gasteiger partial charge in [0, 0.05) is 19.6 Å². The van der Waals surface area contributed by atoms with Crippen molar-refractivity contribution < 1.29 is 0 Å². The van der Waals surface area contributed by atoms with Crippen molar-refractivity contribution in [2.75, 3.05) is 33.2 Å². The van der Waals surface area contributed by atoms with Gasteiger partial charge in [-0.05, 0) is 37.4 Å². The molecule has 0 radical (unpaired) electrons. The zero-order valence-electron chi connectivity index (χ0n) is 9.84. The van der Waals surface area contributed by atoms with Crippen LogP contribution in [0.25, 0.3) is 0 Å². The molecule has 2 atom stereocenters. The van der Waals surface area contributed by atoms with Crippen molar-refractivity contribution in [1.82, 2.24) is 10.2 Å². The molecule has 0 saturated heterocycles. The van der Waals surface area contributed by atoms with Crippen molar-refractivity contribution in [3.63, 3.8) is 0 Å². The van der Waals surface area contributed by atoms with Crippen LogP contribution in [-0.2, 0) is 0 Å². The first kappa shape index (κ1) is 11.7. The average molecular weight is 196 g/mol. The Balaban J connectivity index is 2.06. The molecule has 1 rings (SSSR count). The van der Waals surface area contributed by atoms with Gasteiger partial charge in [-0.15, -0.1) is 0 Å². The molecule has 1 N–H and O–H groups in total. The van der Waals surface area contributed by atoms with Crippen LogP contribution < -0.4 is 5.32 Å². The first-order valence-electron chi connectivity index (χ1n) is 5.69. The molecule has 0 heterocycles. The lowest BCUT2D eigenvalue weighted by atomic mass is 10.2. The van der Waals surface area contributed by atoms with Crippen LogP contribution in [0.4, 0.5) is 0 Å². The Morgan fingerprint density at radius 2 is 2.21 bits per heavy atom. The van der Waals surface area contributed by atoms with Gasteiger partial charge in [0.15, 0.2) is 0 Å². The van der Waals surface area contributed by atoms with E-state index < -0.39 is 0 Å². The van der Waals surface area contributed by atoms with Crippen LogP contribution >= 0.6 is 0 Å². The minimum Gasteiger partial charge on any atom is -0.313 e.